The molecule has 18 heavy (non-hydrogen) atoms. The minimum atomic E-state index is -0.211. The van der Waals surface area contributed by atoms with Crippen molar-refractivity contribution in [2.45, 2.75) is 12.5 Å². The molecule has 0 amide bonds. The minimum absolute atomic E-state index is 0.0976. The monoisotopic (exact) mass is 360 g/mol. The lowest BCUT2D eigenvalue weighted by Gasteiger charge is -2.17. The average molecular weight is 360 g/mol. The molecule has 1 heterocycles. The number of nitrogens with zero attached hydrogens (tertiary/aromatic N) is 3. The van der Waals surface area contributed by atoms with E-state index in [1.165, 1.54) is 18.5 Å². The molecule has 0 saturated carbocycles. The summed E-state index contributed by atoms with van der Waals surface area (Å²) in [6.45, 7) is 0. The number of halogens is 2. The second-order valence-electron chi connectivity index (χ2n) is 4.01. The van der Waals surface area contributed by atoms with E-state index in [0.29, 0.717) is 6.42 Å². The van der Waals surface area contributed by atoms with Crippen LogP contribution in [0.5, 0.6) is 0 Å². The van der Waals surface area contributed by atoms with Gasteiger partial charge in [0, 0.05) is 23.1 Å². The Morgan fingerprint density at radius 3 is 2.83 bits per heavy atom. The van der Waals surface area contributed by atoms with E-state index >= 15 is 0 Å². The van der Waals surface area contributed by atoms with Crippen molar-refractivity contribution in [3.63, 3.8) is 0 Å². The molecular weight excluding hydrogens is 346 g/mol. The Morgan fingerprint density at radius 2 is 2.28 bits per heavy atom. The van der Waals surface area contributed by atoms with Crippen LogP contribution in [-0.2, 0) is 13.5 Å². The summed E-state index contributed by atoms with van der Waals surface area (Å²) < 4.78 is 15.8. The number of likely N-dealkylation sites (N-methyl/N-ethyl adjacent to an activating group) is 1. The lowest BCUT2D eigenvalue weighted by Crippen LogP contribution is -2.21. The van der Waals surface area contributed by atoms with E-state index in [4.69, 9.17) is 0 Å². The summed E-state index contributed by atoms with van der Waals surface area (Å²) in [7, 11) is 3.76. The van der Waals surface area contributed by atoms with Crippen molar-refractivity contribution < 1.29 is 4.39 Å². The third-order valence-electron chi connectivity index (χ3n) is 2.88. The van der Waals surface area contributed by atoms with Gasteiger partial charge in [-0.1, -0.05) is 6.07 Å². The van der Waals surface area contributed by atoms with Gasteiger partial charge >= 0.3 is 0 Å². The van der Waals surface area contributed by atoms with Crippen molar-refractivity contribution in [1.82, 2.24) is 20.1 Å². The Morgan fingerprint density at radius 1 is 1.50 bits per heavy atom. The zero-order valence-corrected chi connectivity index (χ0v) is 12.3. The maximum atomic E-state index is 13.1. The van der Waals surface area contributed by atoms with Gasteiger partial charge in [0.25, 0.3) is 0 Å². The van der Waals surface area contributed by atoms with Gasteiger partial charge in [-0.3, -0.25) is 4.68 Å². The molecule has 2 rings (SSSR count). The molecule has 0 aliphatic rings. The Balaban J connectivity index is 2.26. The normalized spacial score (nSPS) is 12.7. The molecule has 0 saturated heterocycles. The van der Waals surface area contributed by atoms with Crippen LogP contribution in [0.3, 0.4) is 0 Å². The summed E-state index contributed by atoms with van der Waals surface area (Å²) in [5, 5.41) is 7.29. The summed E-state index contributed by atoms with van der Waals surface area (Å²) in [6.07, 6.45) is 2.26. The van der Waals surface area contributed by atoms with E-state index in [0.717, 1.165) is 15.0 Å². The maximum Gasteiger partial charge on any atom is 0.138 e. The van der Waals surface area contributed by atoms with E-state index in [1.807, 2.05) is 20.2 Å². The minimum Gasteiger partial charge on any atom is -0.313 e. The van der Waals surface area contributed by atoms with Crippen LogP contribution in [-0.4, -0.2) is 21.8 Å². The largest absolute Gasteiger partial charge is 0.313 e. The zero-order valence-electron chi connectivity index (χ0n) is 10.2. The third-order valence-corrected chi connectivity index (χ3v) is 3.81. The topological polar surface area (TPSA) is 42.7 Å². The highest BCUT2D eigenvalue weighted by Crippen LogP contribution is 2.23. The van der Waals surface area contributed by atoms with Gasteiger partial charge in [0.15, 0.2) is 0 Å². The molecular formula is C12H14FIN4. The van der Waals surface area contributed by atoms with Crippen LogP contribution < -0.4 is 5.32 Å². The molecule has 4 nitrogen and oxygen atoms in total. The summed E-state index contributed by atoms with van der Waals surface area (Å²) >= 11 is 2.15. The highest BCUT2D eigenvalue weighted by atomic mass is 127. The molecule has 1 N–H and O–H groups in total. The molecule has 1 aromatic heterocycles. The van der Waals surface area contributed by atoms with Crippen molar-refractivity contribution in [3.8, 4) is 0 Å². The third kappa shape index (κ3) is 2.86. The predicted octanol–water partition coefficient (Wildman–Crippen LogP) is 2.06. The van der Waals surface area contributed by atoms with Gasteiger partial charge in [0.1, 0.15) is 18.0 Å². The number of nitrogens with one attached hydrogen (secondary N) is 1. The zero-order chi connectivity index (χ0) is 13.1. The first-order valence-corrected chi connectivity index (χ1v) is 6.64. The fraction of sp³-hybridized carbons (Fsp3) is 0.333. The van der Waals surface area contributed by atoms with Crippen LogP contribution in [0.4, 0.5) is 4.39 Å². The van der Waals surface area contributed by atoms with Gasteiger partial charge in [0.2, 0.25) is 0 Å². The standard InChI is InChI=1S/C12H14FIN4/c1-15-11(6-12-16-7-17-18(12)2)9-4-3-8(13)5-10(9)14/h3-5,7,11,15H,6H2,1-2H3. The maximum absolute atomic E-state index is 13.1. The Hall–Kier alpha value is -1.02. The Labute approximate surface area is 119 Å². The number of hydrogen-bond acceptors (Lipinski definition) is 3. The van der Waals surface area contributed by atoms with Crippen LogP contribution in [0.1, 0.15) is 17.4 Å². The van der Waals surface area contributed by atoms with Crippen molar-refractivity contribution >= 4 is 22.6 Å². The molecule has 96 valence electrons. The fourth-order valence-corrected chi connectivity index (χ4v) is 2.69. The first-order valence-electron chi connectivity index (χ1n) is 5.57. The van der Waals surface area contributed by atoms with Crippen molar-refractivity contribution in [1.29, 1.82) is 0 Å². The first-order chi connectivity index (χ1) is 8.61. The number of benzene rings is 1. The second-order valence-corrected chi connectivity index (χ2v) is 5.17. The summed E-state index contributed by atoms with van der Waals surface area (Å²) in [4.78, 5) is 4.21. The van der Waals surface area contributed by atoms with Crippen molar-refractivity contribution in [3.05, 3.63) is 45.3 Å². The summed E-state index contributed by atoms with van der Waals surface area (Å²) in [5.41, 5.74) is 1.07. The molecule has 1 aromatic carbocycles. The van der Waals surface area contributed by atoms with E-state index in [1.54, 1.807) is 4.68 Å². The number of hydrogen-bond donors (Lipinski definition) is 1. The van der Waals surface area contributed by atoms with Crippen molar-refractivity contribution in [2.75, 3.05) is 7.05 Å². The molecule has 0 radical (unpaired) electrons. The van der Waals surface area contributed by atoms with Crippen LogP contribution in [0.25, 0.3) is 0 Å². The highest BCUT2D eigenvalue weighted by Gasteiger charge is 2.16. The van der Waals surface area contributed by atoms with Crippen LogP contribution in [0, 0.1) is 9.39 Å². The SMILES string of the molecule is CNC(Cc1ncnn1C)c1ccc(F)cc1I. The fourth-order valence-electron chi connectivity index (χ4n) is 1.84. The average Bonchev–Trinajstić information content (AvgIpc) is 2.73. The van der Waals surface area contributed by atoms with Gasteiger partial charge in [-0.15, -0.1) is 0 Å². The molecule has 2 aromatic rings. The molecule has 0 bridgehead atoms. The molecule has 0 aliphatic carbocycles. The van der Waals surface area contributed by atoms with Crippen LogP contribution in [0.15, 0.2) is 24.5 Å². The molecule has 6 heteroatoms. The highest BCUT2D eigenvalue weighted by molar-refractivity contribution is 14.1. The smallest absolute Gasteiger partial charge is 0.138 e. The molecule has 0 aliphatic heterocycles. The predicted molar refractivity (Wildman–Crippen MR) is 75.6 cm³/mol. The van der Waals surface area contributed by atoms with Gasteiger partial charge < -0.3 is 5.32 Å². The van der Waals surface area contributed by atoms with Crippen molar-refractivity contribution in [2.24, 2.45) is 7.05 Å². The summed E-state index contributed by atoms with van der Waals surface area (Å²) in [6, 6.07) is 4.93. The lowest BCUT2D eigenvalue weighted by atomic mass is 10.0. The number of aryl methyl sites for hydroxylation is 1. The second kappa shape index (κ2) is 5.75. The van der Waals surface area contributed by atoms with Gasteiger partial charge in [-0.25, -0.2) is 9.37 Å². The number of aromatic nitrogens is 3. The summed E-state index contributed by atoms with van der Waals surface area (Å²) in [5.74, 6) is 0.686. The quantitative estimate of drug-likeness (QED) is 0.849. The lowest BCUT2D eigenvalue weighted by molar-refractivity contribution is 0.548. The van der Waals surface area contributed by atoms with E-state index in [9.17, 15) is 4.39 Å². The number of rotatable bonds is 4. The van der Waals surface area contributed by atoms with E-state index < -0.39 is 0 Å². The van der Waals surface area contributed by atoms with Crippen LogP contribution >= 0.6 is 22.6 Å². The molecule has 1 atom stereocenters. The van der Waals surface area contributed by atoms with Gasteiger partial charge in [0.05, 0.1) is 0 Å². The Bertz CT molecular complexity index is 541. The van der Waals surface area contributed by atoms with E-state index in [2.05, 4.69) is 38.0 Å². The molecule has 0 spiro atoms. The van der Waals surface area contributed by atoms with Crippen LogP contribution in [0.2, 0.25) is 0 Å². The molecule has 1 unspecified atom stereocenters. The van der Waals surface area contributed by atoms with Gasteiger partial charge in [-0.05, 0) is 47.3 Å². The molecule has 0 fully saturated rings. The van der Waals surface area contributed by atoms with Gasteiger partial charge in [-0.2, -0.15) is 5.10 Å². The van der Waals surface area contributed by atoms with E-state index in [-0.39, 0.29) is 11.9 Å². The first kappa shape index (κ1) is 13.4. The Kier molecular flexibility index (Phi) is 4.28.